The molecule has 0 aromatic heterocycles. The average molecular weight is 253 g/mol. The third-order valence-corrected chi connectivity index (χ3v) is 5.29. The molecule has 0 aromatic rings. The summed E-state index contributed by atoms with van der Waals surface area (Å²) < 4.78 is 0. The number of rotatable bonds is 3. The molecule has 0 radical (unpaired) electrons. The quantitative estimate of drug-likeness (QED) is 0.834. The van der Waals surface area contributed by atoms with Crippen molar-refractivity contribution in [1.82, 2.24) is 9.80 Å². The van der Waals surface area contributed by atoms with Crippen LogP contribution in [0.4, 0.5) is 0 Å². The van der Waals surface area contributed by atoms with Crippen LogP contribution in [0.1, 0.15) is 46.0 Å². The fourth-order valence-electron chi connectivity index (χ4n) is 3.87. The molecule has 2 rings (SSSR count). The molecule has 1 heterocycles. The smallest absolute Gasteiger partial charge is 0.0247 e. The fraction of sp³-hybridized carbons (Fsp3) is 1.00. The molecule has 0 bridgehead atoms. The predicted molar refractivity (Wildman–Crippen MR) is 77.7 cm³/mol. The zero-order valence-electron chi connectivity index (χ0n) is 12.4. The van der Waals surface area contributed by atoms with Crippen LogP contribution in [-0.4, -0.2) is 54.6 Å². The average Bonchev–Trinajstić information content (AvgIpc) is 2.38. The molecule has 0 spiro atoms. The molecule has 2 fully saturated rings. The second kappa shape index (κ2) is 6.36. The first-order valence-electron chi connectivity index (χ1n) is 7.79. The minimum atomic E-state index is 0.629. The molecule has 106 valence electrons. The van der Waals surface area contributed by atoms with E-state index in [2.05, 4.69) is 30.7 Å². The van der Waals surface area contributed by atoms with Crippen LogP contribution in [0.2, 0.25) is 0 Å². The molecular weight excluding hydrogens is 222 g/mol. The normalized spacial score (nSPS) is 34.7. The first-order valence-corrected chi connectivity index (χ1v) is 7.79. The molecule has 1 aliphatic carbocycles. The van der Waals surface area contributed by atoms with Crippen molar-refractivity contribution in [2.24, 2.45) is 11.7 Å². The highest BCUT2D eigenvalue weighted by molar-refractivity contribution is 4.90. The lowest BCUT2D eigenvalue weighted by molar-refractivity contribution is 0.0129. The number of nitrogens with two attached hydrogens (primary N) is 1. The van der Waals surface area contributed by atoms with Crippen molar-refractivity contribution in [1.29, 1.82) is 0 Å². The Balaban J connectivity index is 1.98. The summed E-state index contributed by atoms with van der Waals surface area (Å²) in [7, 11) is 2.25. The van der Waals surface area contributed by atoms with E-state index in [1.807, 2.05) is 0 Å². The molecule has 3 atom stereocenters. The summed E-state index contributed by atoms with van der Waals surface area (Å²) in [5.74, 6) is 0.853. The summed E-state index contributed by atoms with van der Waals surface area (Å²) in [4.78, 5) is 5.19. The topological polar surface area (TPSA) is 32.5 Å². The van der Waals surface area contributed by atoms with Crippen LogP contribution in [0.15, 0.2) is 0 Å². The summed E-state index contributed by atoms with van der Waals surface area (Å²) in [6.45, 7) is 7.92. The maximum absolute atomic E-state index is 6.10. The molecule has 2 N–H and O–H groups in total. The summed E-state index contributed by atoms with van der Waals surface area (Å²) in [5, 5.41) is 0. The lowest BCUT2D eigenvalue weighted by Crippen LogP contribution is -2.60. The van der Waals surface area contributed by atoms with Gasteiger partial charge in [0.15, 0.2) is 0 Å². The van der Waals surface area contributed by atoms with Crippen molar-refractivity contribution in [3.8, 4) is 0 Å². The molecule has 0 amide bonds. The second-order valence-electron chi connectivity index (χ2n) is 6.52. The van der Waals surface area contributed by atoms with Gasteiger partial charge in [-0.05, 0) is 39.7 Å². The zero-order valence-corrected chi connectivity index (χ0v) is 12.4. The SMILES string of the molecule is CC1CN(C(CN)C2CCCCC2)CC(C)N1C. The molecule has 18 heavy (non-hydrogen) atoms. The standard InChI is InChI=1S/C15H31N3/c1-12-10-18(11-13(2)17(12)3)15(9-16)14-7-5-4-6-8-14/h12-15H,4-11,16H2,1-3H3. The van der Waals surface area contributed by atoms with Crippen LogP contribution >= 0.6 is 0 Å². The molecule has 1 saturated heterocycles. The van der Waals surface area contributed by atoms with Gasteiger partial charge in [0, 0.05) is 37.8 Å². The van der Waals surface area contributed by atoms with E-state index in [4.69, 9.17) is 5.73 Å². The van der Waals surface area contributed by atoms with Crippen molar-refractivity contribution in [2.75, 3.05) is 26.7 Å². The Morgan fingerprint density at radius 2 is 1.61 bits per heavy atom. The molecule has 2 aliphatic rings. The summed E-state index contributed by atoms with van der Waals surface area (Å²) in [6, 6.07) is 1.95. The Labute approximate surface area is 113 Å². The lowest BCUT2D eigenvalue weighted by Gasteiger charge is -2.47. The van der Waals surface area contributed by atoms with E-state index in [9.17, 15) is 0 Å². The number of likely N-dealkylation sites (N-methyl/N-ethyl adjacent to an activating group) is 1. The Bertz CT molecular complexity index is 238. The van der Waals surface area contributed by atoms with E-state index >= 15 is 0 Å². The Morgan fingerprint density at radius 3 is 2.11 bits per heavy atom. The fourth-order valence-corrected chi connectivity index (χ4v) is 3.87. The molecule has 3 nitrogen and oxygen atoms in total. The van der Waals surface area contributed by atoms with Crippen molar-refractivity contribution >= 4 is 0 Å². The molecule has 3 unspecified atom stereocenters. The highest BCUT2D eigenvalue weighted by Crippen LogP contribution is 2.30. The minimum Gasteiger partial charge on any atom is -0.329 e. The third kappa shape index (κ3) is 3.06. The monoisotopic (exact) mass is 253 g/mol. The Hall–Kier alpha value is -0.120. The molecule has 3 heteroatoms. The van der Waals surface area contributed by atoms with Gasteiger partial charge >= 0.3 is 0 Å². The van der Waals surface area contributed by atoms with Crippen molar-refractivity contribution in [3.63, 3.8) is 0 Å². The van der Waals surface area contributed by atoms with Gasteiger partial charge in [-0.2, -0.15) is 0 Å². The van der Waals surface area contributed by atoms with E-state index in [-0.39, 0.29) is 0 Å². The van der Waals surface area contributed by atoms with Crippen LogP contribution in [0, 0.1) is 5.92 Å². The minimum absolute atomic E-state index is 0.629. The molecule has 1 saturated carbocycles. The third-order valence-electron chi connectivity index (χ3n) is 5.29. The first kappa shape index (κ1) is 14.3. The zero-order chi connectivity index (χ0) is 13.1. The van der Waals surface area contributed by atoms with Gasteiger partial charge in [-0.1, -0.05) is 19.3 Å². The largest absolute Gasteiger partial charge is 0.329 e. The highest BCUT2D eigenvalue weighted by Gasteiger charge is 2.34. The van der Waals surface area contributed by atoms with Gasteiger partial charge < -0.3 is 5.73 Å². The van der Waals surface area contributed by atoms with Gasteiger partial charge in [0.25, 0.3) is 0 Å². The Kier molecular flexibility index (Phi) is 5.05. The summed E-state index contributed by atoms with van der Waals surface area (Å²) in [6.07, 6.45) is 7.07. The van der Waals surface area contributed by atoms with E-state index in [0.717, 1.165) is 12.5 Å². The van der Waals surface area contributed by atoms with E-state index in [1.54, 1.807) is 0 Å². The molecular formula is C15H31N3. The molecule has 1 aliphatic heterocycles. The van der Waals surface area contributed by atoms with Crippen LogP contribution in [-0.2, 0) is 0 Å². The van der Waals surface area contributed by atoms with Crippen LogP contribution in [0.3, 0.4) is 0 Å². The van der Waals surface area contributed by atoms with Gasteiger partial charge in [-0.3, -0.25) is 9.80 Å². The van der Waals surface area contributed by atoms with Crippen molar-refractivity contribution in [3.05, 3.63) is 0 Å². The second-order valence-corrected chi connectivity index (χ2v) is 6.52. The van der Waals surface area contributed by atoms with Crippen LogP contribution in [0.5, 0.6) is 0 Å². The Morgan fingerprint density at radius 1 is 1.06 bits per heavy atom. The summed E-state index contributed by atoms with van der Waals surface area (Å²) >= 11 is 0. The van der Waals surface area contributed by atoms with Crippen LogP contribution in [0.25, 0.3) is 0 Å². The number of piperazine rings is 1. The predicted octanol–water partition coefficient (Wildman–Crippen LogP) is 1.92. The first-order chi connectivity index (χ1) is 8.63. The number of hydrogen-bond donors (Lipinski definition) is 1. The van der Waals surface area contributed by atoms with Gasteiger partial charge in [0.2, 0.25) is 0 Å². The van der Waals surface area contributed by atoms with E-state index in [0.29, 0.717) is 18.1 Å². The van der Waals surface area contributed by atoms with Gasteiger partial charge in [-0.15, -0.1) is 0 Å². The van der Waals surface area contributed by atoms with Gasteiger partial charge in [-0.25, -0.2) is 0 Å². The van der Waals surface area contributed by atoms with Gasteiger partial charge in [0.05, 0.1) is 0 Å². The van der Waals surface area contributed by atoms with Crippen LogP contribution < -0.4 is 5.73 Å². The lowest BCUT2D eigenvalue weighted by atomic mass is 9.82. The van der Waals surface area contributed by atoms with E-state index in [1.165, 1.54) is 45.2 Å². The van der Waals surface area contributed by atoms with Gasteiger partial charge in [0.1, 0.15) is 0 Å². The molecule has 0 aromatic carbocycles. The maximum Gasteiger partial charge on any atom is 0.0247 e. The van der Waals surface area contributed by atoms with Crippen molar-refractivity contribution in [2.45, 2.75) is 64.1 Å². The van der Waals surface area contributed by atoms with E-state index < -0.39 is 0 Å². The summed E-state index contributed by atoms with van der Waals surface area (Å²) in [5.41, 5.74) is 6.10. The number of nitrogens with zero attached hydrogens (tertiary/aromatic N) is 2. The maximum atomic E-state index is 6.10. The van der Waals surface area contributed by atoms with Crippen molar-refractivity contribution < 1.29 is 0 Å². The highest BCUT2D eigenvalue weighted by atomic mass is 15.3. The number of hydrogen-bond acceptors (Lipinski definition) is 3.